The maximum atomic E-state index is 10.5. The summed E-state index contributed by atoms with van der Waals surface area (Å²) in [6.07, 6.45) is 3.53. The summed E-state index contributed by atoms with van der Waals surface area (Å²) in [5, 5.41) is 0. The fraction of sp³-hybridized carbons (Fsp3) is 0.900. The van der Waals surface area contributed by atoms with Gasteiger partial charge < -0.3 is 15.0 Å². The van der Waals surface area contributed by atoms with Gasteiger partial charge >= 0.3 is 6.09 Å². The van der Waals surface area contributed by atoms with Crippen LogP contribution in [0.1, 0.15) is 25.7 Å². The highest BCUT2D eigenvalue weighted by Crippen LogP contribution is 2.26. The zero-order valence-electron chi connectivity index (χ0n) is 9.32. The number of nitrogens with two attached hydrogens (primary N) is 1. The van der Waals surface area contributed by atoms with E-state index in [1.807, 2.05) is 0 Å². The number of amides is 1. The summed E-state index contributed by atoms with van der Waals surface area (Å²) in [5.74, 6) is 0. The first-order valence-electron chi connectivity index (χ1n) is 5.17. The summed E-state index contributed by atoms with van der Waals surface area (Å²) < 4.78 is 5.97. The van der Waals surface area contributed by atoms with Crippen LogP contribution >= 0.6 is 0 Å². The SMILES string of the molecule is C[N+](C)(C)C1CCC(OC(N)=O)CC1. The average molecular weight is 201 g/mol. The Kier molecular flexibility index (Phi) is 3.37. The second kappa shape index (κ2) is 4.17. The topological polar surface area (TPSA) is 52.3 Å². The Bertz CT molecular complexity index is 203. The molecule has 1 aliphatic carbocycles. The van der Waals surface area contributed by atoms with Gasteiger partial charge in [-0.05, 0) is 12.8 Å². The number of primary amides is 1. The maximum absolute atomic E-state index is 10.5. The third-order valence-corrected chi connectivity index (χ3v) is 3.02. The lowest BCUT2D eigenvalue weighted by atomic mass is 9.91. The van der Waals surface area contributed by atoms with Crippen LogP contribution in [0.15, 0.2) is 0 Å². The molecule has 1 fully saturated rings. The van der Waals surface area contributed by atoms with E-state index in [-0.39, 0.29) is 6.10 Å². The van der Waals surface area contributed by atoms with Crippen molar-refractivity contribution < 1.29 is 14.0 Å². The van der Waals surface area contributed by atoms with Crippen LogP contribution in [-0.4, -0.2) is 43.9 Å². The number of rotatable bonds is 2. The van der Waals surface area contributed by atoms with Crippen molar-refractivity contribution >= 4 is 6.09 Å². The standard InChI is InChI=1S/C10H20N2O2/c1-12(2,3)8-4-6-9(7-5-8)14-10(11)13/h8-9H,4-7H2,1-3H3,(H-,11,13)/p+1. The first kappa shape index (κ1) is 11.3. The first-order chi connectivity index (χ1) is 6.39. The van der Waals surface area contributed by atoms with Gasteiger partial charge in [-0.15, -0.1) is 0 Å². The summed E-state index contributed by atoms with van der Waals surface area (Å²) in [6.45, 7) is 0. The molecule has 2 N–H and O–H groups in total. The predicted molar refractivity (Wildman–Crippen MR) is 54.7 cm³/mol. The summed E-state index contributed by atoms with van der Waals surface area (Å²) in [4.78, 5) is 10.5. The van der Waals surface area contributed by atoms with Gasteiger partial charge in [0, 0.05) is 12.8 Å². The summed E-state index contributed by atoms with van der Waals surface area (Å²) in [6, 6.07) is 0.683. The van der Waals surface area contributed by atoms with E-state index >= 15 is 0 Å². The zero-order chi connectivity index (χ0) is 10.8. The number of ether oxygens (including phenoxy) is 1. The van der Waals surface area contributed by atoms with Crippen LogP contribution in [0.4, 0.5) is 4.79 Å². The molecule has 0 aromatic heterocycles. The summed E-state index contributed by atoms with van der Waals surface area (Å²) in [5.41, 5.74) is 4.98. The van der Waals surface area contributed by atoms with Crippen LogP contribution in [0.3, 0.4) is 0 Å². The molecule has 82 valence electrons. The second-order valence-corrected chi connectivity index (χ2v) is 4.98. The Balaban J connectivity index is 2.35. The second-order valence-electron chi connectivity index (χ2n) is 4.98. The summed E-state index contributed by atoms with van der Waals surface area (Å²) in [7, 11) is 6.62. The van der Waals surface area contributed by atoms with Gasteiger partial charge in [-0.1, -0.05) is 0 Å². The molecule has 0 spiro atoms. The first-order valence-corrected chi connectivity index (χ1v) is 5.17. The fourth-order valence-electron chi connectivity index (χ4n) is 2.10. The van der Waals surface area contributed by atoms with E-state index in [0.717, 1.165) is 30.2 Å². The minimum atomic E-state index is -0.640. The molecule has 0 bridgehead atoms. The van der Waals surface area contributed by atoms with Crippen molar-refractivity contribution in [1.82, 2.24) is 0 Å². The minimum absolute atomic E-state index is 0.0512. The van der Waals surface area contributed by atoms with E-state index in [1.54, 1.807) is 0 Å². The van der Waals surface area contributed by atoms with Gasteiger partial charge in [-0.3, -0.25) is 0 Å². The van der Waals surface area contributed by atoms with Crippen LogP contribution in [0.25, 0.3) is 0 Å². The summed E-state index contributed by atoms with van der Waals surface area (Å²) >= 11 is 0. The van der Waals surface area contributed by atoms with Crippen molar-refractivity contribution in [2.24, 2.45) is 5.73 Å². The Morgan fingerprint density at radius 3 is 2.07 bits per heavy atom. The highest BCUT2D eigenvalue weighted by molar-refractivity contribution is 5.64. The van der Waals surface area contributed by atoms with Crippen molar-refractivity contribution in [2.45, 2.75) is 37.8 Å². The molecule has 14 heavy (non-hydrogen) atoms. The molecule has 1 aliphatic rings. The lowest BCUT2D eigenvalue weighted by Crippen LogP contribution is -2.47. The third kappa shape index (κ3) is 3.18. The van der Waals surface area contributed by atoms with Crippen LogP contribution in [0.2, 0.25) is 0 Å². The molecule has 0 saturated heterocycles. The molecule has 1 amide bonds. The minimum Gasteiger partial charge on any atom is -0.446 e. The number of hydrogen-bond donors (Lipinski definition) is 1. The number of hydrogen-bond acceptors (Lipinski definition) is 2. The quantitative estimate of drug-likeness (QED) is 0.680. The van der Waals surface area contributed by atoms with Gasteiger partial charge in [0.25, 0.3) is 0 Å². The van der Waals surface area contributed by atoms with Crippen molar-refractivity contribution in [3.05, 3.63) is 0 Å². The van der Waals surface area contributed by atoms with Gasteiger partial charge in [-0.2, -0.15) is 0 Å². The molecule has 4 nitrogen and oxygen atoms in total. The van der Waals surface area contributed by atoms with E-state index in [9.17, 15) is 4.79 Å². The molecular weight excluding hydrogens is 180 g/mol. The Labute approximate surface area is 85.6 Å². The van der Waals surface area contributed by atoms with E-state index in [1.165, 1.54) is 0 Å². The number of nitrogens with zero attached hydrogens (tertiary/aromatic N) is 1. The van der Waals surface area contributed by atoms with E-state index in [0.29, 0.717) is 6.04 Å². The molecule has 0 unspecified atom stereocenters. The Morgan fingerprint density at radius 2 is 1.71 bits per heavy atom. The zero-order valence-corrected chi connectivity index (χ0v) is 9.32. The normalized spacial score (nSPS) is 28.5. The van der Waals surface area contributed by atoms with E-state index in [4.69, 9.17) is 10.5 Å². The van der Waals surface area contributed by atoms with Crippen LogP contribution < -0.4 is 5.73 Å². The van der Waals surface area contributed by atoms with Gasteiger partial charge in [0.2, 0.25) is 0 Å². The number of quaternary nitrogens is 1. The molecule has 0 atom stereocenters. The van der Waals surface area contributed by atoms with Crippen molar-refractivity contribution in [2.75, 3.05) is 21.1 Å². The number of carbonyl (C=O) groups excluding carboxylic acids is 1. The van der Waals surface area contributed by atoms with Crippen LogP contribution in [-0.2, 0) is 4.74 Å². The van der Waals surface area contributed by atoms with Crippen LogP contribution in [0.5, 0.6) is 0 Å². The molecule has 0 aliphatic heterocycles. The van der Waals surface area contributed by atoms with Crippen molar-refractivity contribution in [3.8, 4) is 0 Å². The smallest absolute Gasteiger partial charge is 0.404 e. The van der Waals surface area contributed by atoms with Gasteiger partial charge in [0.1, 0.15) is 6.10 Å². The molecule has 0 aromatic carbocycles. The van der Waals surface area contributed by atoms with Gasteiger partial charge in [-0.25, -0.2) is 4.79 Å². The highest BCUT2D eigenvalue weighted by Gasteiger charge is 2.30. The monoisotopic (exact) mass is 201 g/mol. The molecule has 0 heterocycles. The van der Waals surface area contributed by atoms with Crippen molar-refractivity contribution in [1.29, 1.82) is 0 Å². The molecule has 1 rings (SSSR count). The lowest BCUT2D eigenvalue weighted by Gasteiger charge is -2.38. The van der Waals surface area contributed by atoms with E-state index in [2.05, 4.69) is 21.1 Å². The molecule has 0 radical (unpaired) electrons. The molecular formula is C10H21N2O2+. The average Bonchev–Trinajstić information content (AvgIpc) is 2.02. The van der Waals surface area contributed by atoms with Crippen molar-refractivity contribution in [3.63, 3.8) is 0 Å². The van der Waals surface area contributed by atoms with Gasteiger partial charge in [0.15, 0.2) is 0 Å². The van der Waals surface area contributed by atoms with Gasteiger partial charge in [0.05, 0.1) is 27.2 Å². The molecule has 0 aromatic rings. The largest absolute Gasteiger partial charge is 0.446 e. The molecule has 4 heteroatoms. The predicted octanol–water partition coefficient (Wildman–Crippen LogP) is 1.10. The third-order valence-electron chi connectivity index (χ3n) is 3.02. The highest BCUT2D eigenvalue weighted by atomic mass is 16.6. The Hall–Kier alpha value is -0.770. The number of carbonyl (C=O) groups is 1. The van der Waals surface area contributed by atoms with Crippen LogP contribution in [0, 0.1) is 0 Å². The fourth-order valence-corrected chi connectivity index (χ4v) is 2.10. The lowest BCUT2D eigenvalue weighted by molar-refractivity contribution is -0.897. The maximum Gasteiger partial charge on any atom is 0.404 e. The molecule has 1 saturated carbocycles. The Morgan fingerprint density at radius 1 is 1.21 bits per heavy atom. The van der Waals surface area contributed by atoms with E-state index < -0.39 is 6.09 Å².